The van der Waals surface area contributed by atoms with Crippen molar-refractivity contribution in [2.45, 2.75) is 0 Å². The summed E-state index contributed by atoms with van der Waals surface area (Å²) in [7, 11) is 0. The number of fused-ring (bicyclic) bond motifs is 7. The van der Waals surface area contributed by atoms with Gasteiger partial charge in [0.15, 0.2) is 29.1 Å². The lowest BCUT2D eigenvalue weighted by Gasteiger charge is -2.12. The number of rotatable bonds is 7. The van der Waals surface area contributed by atoms with Gasteiger partial charge in [0.25, 0.3) is 0 Å². The van der Waals surface area contributed by atoms with Crippen LogP contribution in [0.3, 0.4) is 0 Å². The molecule has 0 aliphatic rings. The molecule has 0 amide bonds. The Labute approximate surface area is 356 Å². The zero-order valence-electron chi connectivity index (χ0n) is 33.2. The van der Waals surface area contributed by atoms with E-state index in [1.807, 2.05) is 121 Å². The molecule has 0 N–H and O–H groups in total. The Kier molecular flexibility index (Phi) is 8.31. The van der Waals surface area contributed by atoms with E-state index in [0.29, 0.717) is 35.1 Å². The van der Waals surface area contributed by atoms with Crippen molar-refractivity contribution in [1.29, 1.82) is 0 Å². The van der Waals surface area contributed by atoms with Crippen LogP contribution in [0.5, 0.6) is 0 Å². The first-order chi connectivity index (χ1) is 30.7. The highest BCUT2D eigenvalue weighted by Crippen LogP contribution is 2.42. The summed E-state index contributed by atoms with van der Waals surface area (Å²) < 4.78 is 4.54. The number of hydrogen-bond donors (Lipinski definition) is 0. The molecule has 8 heteroatoms. The molecule has 0 aliphatic carbocycles. The van der Waals surface area contributed by atoms with E-state index >= 15 is 0 Å². The molecule has 8 aromatic carbocycles. The molecule has 0 saturated carbocycles. The largest absolute Gasteiger partial charge is 0.309 e. The predicted molar refractivity (Wildman–Crippen MR) is 249 cm³/mol. The normalized spacial score (nSPS) is 11.5. The number of aromatic nitrogens is 8. The van der Waals surface area contributed by atoms with Gasteiger partial charge in [-0.25, -0.2) is 19.9 Å². The number of hydrogen-bond acceptors (Lipinski definition) is 6. The van der Waals surface area contributed by atoms with Crippen LogP contribution >= 0.6 is 0 Å². The molecule has 0 radical (unpaired) electrons. The Bertz CT molecular complexity index is 3500. The summed E-state index contributed by atoms with van der Waals surface area (Å²) in [6.45, 7) is 0. The smallest absolute Gasteiger partial charge is 0.238 e. The van der Waals surface area contributed by atoms with Crippen LogP contribution < -0.4 is 0 Å². The van der Waals surface area contributed by atoms with Crippen molar-refractivity contribution in [3.8, 4) is 68.6 Å². The summed E-state index contributed by atoms with van der Waals surface area (Å²) >= 11 is 0. The van der Waals surface area contributed by atoms with Crippen LogP contribution in [0.15, 0.2) is 206 Å². The van der Waals surface area contributed by atoms with Crippen LogP contribution in [0.4, 0.5) is 0 Å². The zero-order valence-corrected chi connectivity index (χ0v) is 33.2. The van der Waals surface area contributed by atoms with Crippen molar-refractivity contribution in [2.24, 2.45) is 0 Å². The van der Waals surface area contributed by atoms with Crippen molar-refractivity contribution < 1.29 is 0 Å². The van der Waals surface area contributed by atoms with Gasteiger partial charge in [-0.05, 0) is 36.4 Å². The lowest BCUT2D eigenvalue weighted by molar-refractivity contribution is 0.953. The third-order valence-electron chi connectivity index (χ3n) is 11.4. The average Bonchev–Trinajstić information content (AvgIpc) is 3.88. The van der Waals surface area contributed by atoms with E-state index < -0.39 is 0 Å². The van der Waals surface area contributed by atoms with Gasteiger partial charge in [-0.1, -0.05) is 170 Å². The molecule has 0 fully saturated rings. The highest BCUT2D eigenvalue weighted by molar-refractivity contribution is 6.28. The first-order valence-corrected chi connectivity index (χ1v) is 20.6. The highest BCUT2D eigenvalue weighted by Gasteiger charge is 2.23. The van der Waals surface area contributed by atoms with Crippen molar-refractivity contribution in [1.82, 2.24) is 39.0 Å². The first kappa shape index (κ1) is 35.3. The minimum Gasteiger partial charge on any atom is -0.309 e. The molecule has 0 saturated heterocycles. The van der Waals surface area contributed by atoms with E-state index in [2.05, 4.69) is 94.1 Å². The molecule has 0 bridgehead atoms. The van der Waals surface area contributed by atoms with Gasteiger partial charge in [-0.2, -0.15) is 9.97 Å². The summed E-state index contributed by atoms with van der Waals surface area (Å²) in [6, 6.07) is 70.5. The van der Waals surface area contributed by atoms with E-state index in [1.165, 1.54) is 0 Å². The van der Waals surface area contributed by atoms with Crippen molar-refractivity contribution in [2.75, 3.05) is 0 Å². The topological polar surface area (TPSA) is 87.2 Å². The molecule has 4 heterocycles. The second-order valence-electron chi connectivity index (χ2n) is 15.2. The van der Waals surface area contributed by atoms with Gasteiger partial charge in [0.05, 0.1) is 22.1 Å². The summed E-state index contributed by atoms with van der Waals surface area (Å²) in [5.74, 6) is 3.64. The summed E-state index contributed by atoms with van der Waals surface area (Å²) in [5.41, 5.74) is 9.78. The average molecular weight is 795 g/mol. The van der Waals surface area contributed by atoms with Crippen molar-refractivity contribution >= 4 is 43.6 Å². The molecule has 0 unspecified atom stereocenters. The van der Waals surface area contributed by atoms with Gasteiger partial charge in [-0.15, -0.1) is 0 Å². The van der Waals surface area contributed by atoms with E-state index in [9.17, 15) is 0 Å². The molecular weight excluding hydrogens is 761 g/mol. The SMILES string of the molecule is c1ccc(-c2nc(-c3ccccc3)nc(-c3cccc(-n4c5ccccc5c5c6c7ccccc7n(-c7nc(-c8ccccc8)nc(-c8ccccc8)n7)c6ccc54)c3)n2)cc1. The monoisotopic (exact) mass is 794 g/mol. The fraction of sp³-hybridized carbons (Fsp3) is 0. The van der Waals surface area contributed by atoms with Crippen LogP contribution in [-0.2, 0) is 0 Å². The Balaban J connectivity index is 1.08. The molecule has 4 aromatic heterocycles. The maximum Gasteiger partial charge on any atom is 0.238 e. The van der Waals surface area contributed by atoms with Crippen molar-refractivity contribution in [3.63, 3.8) is 0 Å². The van der Waals surface area contributed by atoms with Gasteiger partial charge in [0.1, 0.15) is 0 Å². The number of para-hydroxylation sites is 2. The Morgan fingerprint density at radius 3 is 1.08 bits per heavy atom. The van der Waals surface area contributed by atoms with E-state index in [0.717, 1.165) is 77.1 Å². The van der Waals surface area contributed by atoms with Crippen LogP contribution in [0, 0.1) is 0 Å². The number of nitrogens with zero attached hydrogens (tertiary/aromatic N) is 8. The fourth-order valence-corrected chi connectivity index (χ4v) is 8.63. The van der Waals surface area contributed by atoms with E-state index in [-0.39, 0.29) is 0 Å². The van der Waals surface area contributed by atoms with Gasteiger partial charge in [-0.3, -0.25) is 4.57 Å². The zero-order chi connectivity index (χ0) is 41.0. The highest BCUT2D eigenvalue weighted by atomic mass is 15.2. The molecule has 8 nitrogen and oxygen atoms in total. The van der Waals surface area contributed by atoms with E-state index in [1.54, 1.807) is 0 Å². The second kappa shape index (κ2) is 14.6. The molecular formula is C54H34N8. The minimum absolute atomic E-state index is 0.557. The first-order valence-electron chi connectivity index (χ1n) is 20.6. The summed E-state index contributed by atoms with van der Waals surface area (Å²) in [4.78, 5) is 30.4. The second-order valence-corrected chi connectivity index (χ2v) is 15.2. The van der Waals surface area contributed by atoms with Crippen LogP contribution in [0.2, 0.25) is 0 Å². The molecule has 12 aromatic rings. The predicted octanol–water partition coefficient (Wildman–Crippen LogP) is 12.6. The Hall–Kier alpha value is -8.62. The van der Waals surface area contributed by atoms with Crippen LogP contribution in [0.1, 0.15) is 0 Å². The van der Waals surface area contributed by atoms with Crippen molar-refractivity contribution in [3.05, 3.63) is 206 Å². The third-order valence-corrected chi connectivity index (χ3v) is 11.4. The van der Waals surface area contributed by atoms with Crippen LogP contribution in [0.25, 0.3) is 112 Å². The third kappa shape index (κ3) is 5.92. The molecule has 0 aliphatic heterocycles. The molecule has 0 atom stereocenters. The molecule has 290 valence electrons. The van der Waals surface area contributed by atoms with E-state index in [4.69, 9.17) is 29.9 Å². The van der Waals surface area contributed by atoms with Gasteiger partial charge in [0, 0.05) is 55.0 Å². The quantitative estimate of drug-likeness (QED) is 0.160. The maximum absolute atomic E-state index is 5.18. The minimum atomic E-state index is 0.557. The van der Waals surface area contributed by atoms with Crippen LogP contribution in [-0.4, -0.2) is 39.0 Å². The van der Waals surface area contributed by atoms with Gasteiger partial charge < -0.3 is 4.57 Å². The lowest BCUT2D eigenvalue weighted by atomic mass is 10.1. The standard InChI is InChI=1S/C54H34N8/c1-5-18-35(19-6-1)49-55-50(36-20-7-2-8-21-36)57-53(56-49)39-26-17-27-40(34-39)61-43-30-15-13-28-41(43)47-45(61)32-33-46-48(47)42-29-14-16-31-44(42)62(46)54-59-51(37-22-9-3-10-23-37)58-52(60-54)38-24-11-4-12-25-38/h1-34H. The summed E-state index contributed by atoms with van der Waals surface area (Å²) in [5, 5.41) is 4.53. The fourth-order valence-electron chi connectivity index (χ4n) is 8.63. The molecule has 12 rings (SSSR count). The maximum atomic E-state index is 5.18. The summed E-state index contributed by atoms with van der Waals surface area (Å²) in [6.07, 6.45) is 0. The van der Waals surface area contributed by atoms with Gasteiger partial charge >= 0.3 is 0 Å². The molecule has 0 spiro atoms. The lowest BCUT2D eigenvalue weighted by Crippen LogP contribution is -2.06. The van der Waals surface area contributed by atoms with Gasteiger partial charge in [0.2, 0.25) is 5.95 Å². The Morgan fingerprint density at radius 2 is 0.613 bits per heavy atom. The Morgan fingerprint density at radius 1 is 0.258 bits per heavy atom. The molecule has 62 heavy (non-hydrogen) atoms. The number of benzene rings is 8.